The molecule has 30 heavy (non-hydrogen) atoms. The van der Waals surface area contributed by atoms with Crippen molar-refractivity contribution in [2.75, 3.05) is 0 Å². The second-order valence-corrected chi connectivity index (χ2v) is 7.00. The van der Waals surface area contributed by atoms with Gasteiger partial charge in [-0.3, -0.25) is 4.79 Å². The van der Waals surface area contributed by atoms with Gasteiger partial charge in [0.05, 0.1) is 11.8 Å². The smallest absolute Gasteiger partial charge is 0.417 e. The third kappa shape index (κ3) is 4.64. The standard InChI is InChI=1S/C20H18F3N3O4/c21-20(22,23)12-3-8-18(24-11-12)29-14-6-4-13(5-7-14)25-19(27)15-10-17(30-26-15)16-2-1-9-28-16/h1-3,8-11,13-14H,4-7H2,(H,25,27). The Balaban J connectivity index is 1.26. The fourth-order valence-corrected chi connectivity index (χ4v) is 3.29. The number of nitrogens with zero attached hydrogens (tertiary/aromatic N) is 2. The predicted octanol–water partition coefficient (Wildman–Crippen LogP) is 4.47. The molecule has 0 saturated heterocycles. The Bertz CT molecular complexity index is 976. The highest BCUT2D eigenvalue weighted by Crippen LogP contribution is 2.30. The summed E-state index contributed by atoms with van der Waals surface area (Å²) in [6.45, 7) is 0. The molecule has 1 aliphatic rings. The zero-order valence-corrected chi connectivity index (χ0v) is 15.7. The van der Waals surface area contributed by atoms with Crippen molar-refractivity contribution in [2.24, 2.45) is 0 Å². The zero-order valence-electron chi connectivity index (χ0n) is 15.7. The Morgan fingerprint density at radius 3 is 2.57 bits per heavy atom. The molecule has 158 valence electrons. The number of pyridine rings is 1. The van der Waals surface area contributed by atoms with Crippen LogP contribution in [0.15, 0.2) is 51.7 Å². The summed E-state index contributed by atoms with van der Waals surface area (Å²) in [6, 6.07) is 7.04. The van der Waals surface area contributed by atoms with Crippen molar-refractivity contribution >= 4 is 5.91 Å². The van der Waals surface area contributed by atoms with Gasteiger partial charge in [0.25, 0.3) is 5.91 Å². The van der Waals surface area contributed by atoms with Gasteiger partial charge in [-0.15, -0.1) is 0 Å². The van der Waals surface area contributed by atoms with Gasteiger partial charge in [-0.05, 0) is 43.9 Å². The van der Waals surface area contributed by atoms with Crippen LogP contribution in [0, 0.1) is 0 Å². The lowest BCUT2D eigenvalue weighted by Gasteiger charge is -2.29. The fourth-order valence-electron chi connectivity index (χ4n) is 3.29. The van der Waals surface area contributed by atoms with E-state index >= 15 is 0 Å². The highest BCUT2D eigenvalue weighted by molar-refractivity contribution is 5.93. The lowest BCUT2D eigenvalue weighted by atomic mass is 9.93. The first-order chi connectivity index (χ1) is 14.4. The number of amides is 1. The van der Waals surface area contributed by atoms with Crippen LogP contribution in [0.2, 0.25) is 0 Å². The van der Waals surface area contributed by atoms with Gasteiger partial charge in [-0.25, -0.2) is 4.98 Å². The monoisotopic (exact) mass is 421 g/mol. The summed E-state index contributed by atoms with van der Waals surface area (Å²) < 4.78 is 53.8. The number of rotatable bonds is 5. The van der Waals surface area contributed by atoms with Gasteiger partial charge in [-0.2, -0.15) is 13.2 Å². The molecule has 10 heteroatoms. The van der Waals surface area contributed by atoms with Gasteiger partial charge in [0.15, 0.2) is 11.5 Å². The first kappa shape index (κ1) is 20.0. The molecular weight excluding hydrogens is 403 g/mol. The Kier molecular flexibility index (Phi) is 5.47. The van der Waals surface area contributed by atoms with E-state index in [1.807, 2.05) is 0 Å². The van der Waals surface area contributed by atoms with Crippen molar-refractivity contribution in [1.29, 1.82) is 0 Å². The number of nitrogens with one attached hydrogen (secondary N) is 1. The number of ether oxygens (including phenoxy) is 1. The number of carbonyl (C=O) groups excluding carboxylic acids is 1. The van der Waals surface area contributed by atoms with Crippen LogP contribution in [0.1, 0.15) is 41.7 Å². The summed E-state index contributed by atoms with van der Waals surface area (Å²) >= 11 is 0. The summed E-state index contributed by atoms with van der Waals surface area (Å²) in [5.74, 6) is 0.663. The van der Waals surface area contributed by atoms with E-state index in [2.05, 4.69) is 15.5 Å². The molecule has 7 nitrogen and oxygen atoms in total. The molecule has 1 aliphatic carbocycles. The average molecular weight is 421 g/mol. The third-order valence-electron chi connectivity index (χ3n) is 4.87. The first-order valence-corrected chi connectivity index (χ1v) is 9.40. The second kappa shape index (κ2) is 8.21. The van der Waals surface area contributed by atoms with Crippen molar-refractivity contribution in [3.8, 4) is 17.4 Å². The molecule has 1 amide bonds. The fraction of sp³-hybridized carbons (Fsp3) is 0.350. The highest BCUT2D eigenvalue weighted by Gasteiger charge is 2.31. The number of furan rings is 1. The van der Waals surface area contributed by atoms with E-state index in [1.165, 1.54) is 18.4 Å². The summed E-state index contributed by atoms with van der Waals surface area (Å²) in [6.07, 6.45) is 0.285. The van der Waals surface area contributed by atoms with Crippen molar-refractivity contribution < 1.29 is 31.6 Å². The van der Waals surface area contributed by atoms with E-state index < -0.39 is 11.7 Å². The number of halogens is 3. The maximum atomic E-state index is 12.6. The van der Waals surface area contributed by atoms with E-state index in [1.54, 1.807) is 12.1 Å². The van der Waals surface area contributed by atoms with Crippen LogP contribution in [0.4, 0.5) is 13.2 Å². The van der Waals surface area contributed by atoms with Crippen LogP contribution in [-0.4, -0.2) is 28.2 Å². The molecule has 1 saturated carbocycles. The summed E-state index contributed by atoms with van der Waals surface area (Å²) in [5.41, 5.74) is -0.655. The molecular formula is C20H18F3N3O4. The maximum absolute atomic E-state index is 12.6. The Labute approximate surface area is 169 Å². The van der Waals surface area contributed by atoms with E-state index in [0.717, 1.165) is 12.3 Å². The van der Waals surface area contributed by atoms with Gasteiger partial charge in [0.1, 0.15) is 6.10 Å². The molecule has 3 aromatic rings. The highest BCUT2D eigenvalue weighted by atomic mass is 19.4. The number of hydrogen-bond acceptors (Lipinski definition) is 6. The molecule has 0 atom stereocenters. The Morgan fingerprint density at radius 2 is 1.93 bits per heavy atom. The largest absolute Gasteiger partial charge is 0.474 e. The molecule has 0 aromatic carbocycles. The van der Waals surface area contributed by atoms with Crippen molar-refractivity contribution in [3.63, 3.8) is 0 Å². The summed E-state index contributed by atoms with van der Waals surface area (Å²) in [4.78, 5) is 16.1. The molecule has 3 aromatic heterocycles. The molecule has 0 aliphatic heterocycles. The van der Waals surface area contributed by atoms with Crippen LogP contribution < -0.4 is 10.1 Å². The number of hydrogen-bond donors (Lipinski definition) is 1. The minimum Gasteiger partial charge on any atom is -0.474 e. The van der Waals surface area contributed by atoms with Crippen LogP contribution in [-0.2, 0) is 6.18 Å². The van der Waals surface area contributed by atoms with Crippen molar-refractivity contribution in [3.05, 3.63) is 54.0 Å². The first-order valence-electron chi connectivity index (χ1n) is 9.40. The van der Waals surface area contributed by atoms with Crippen molar-refractivity contribution in [1.82, 2.24) is 15.5 Å². The minimum atomic E-state index is -4.43. The van der Waals surface area contributed by atoms with Crippen LogP contribution in [0.25, 0.3) is 11.5 Å². The third-order valence-corrected chi connectivity index (χ3v) is 4.87. The second-order valence-electron chi connectivity index (χ2n) is 7.00. The molecule has 0 bridgehead atoms. The quantitative estimate of drug-likeness (QED) is 0.654. The number of alkyl halides is 3. The lowest BCUT2D eigenvalue weighted by Crippen LogP contribution is -2.39. The average Bonchev–Trinajstić information content (AvgIpc) is 3.41. The molecule has 0 spiro atoms. The van der Waals surface area contributed by atoms with Gasteiger partial charge in [-0.1, -0.05) is 5.16 Å². The van der Waals surface area contributed by atoms with Crippen LogP contribution >= 0.6 is 0 Å². The molecule has 0 radical (unpaired) electrons. The normalized spacial score (nSPS) is 19.4. The van der Waals surface area contributed by atoms with Gasteiger partial charge in [0, 0.05) is 24.4 Å². The Morgan fingerprint density at radius 1 is 1.13 bits per heavy atom. The zero-order chi connectivity index (χ0) is 21.1. The van der Waals surface area contributed by atoms with Gasteiger partial charge < -0.3 is 19.0 Å². The van der Waals surface area contributed by atoms with E-state index in [-0.39, 0.29) is 29.6 Å². The SMILES string of the molecule is O=C(NC1CCC(Oc2ccc(C(F)(F)F)cn2)CC1)c1cc(-c2ccco2)on1. The van der Waals surface area contributed by atoms with Crippen LogP contribution in [0.3, 0.4) is 0 Å². The Hall–Kier alpha value is -3.30. The molecule has 4 rings (SSSR count). The van der Waals surface area contributed by atoms with E-state index in [0.29, 0.717) is 37.2 Å². The lowest BCUT2D eigenvalue weighted by molar-refractivity contribution is -0.137. The summed E-state index contributed by atoms with van der Waals surface area (Å²) in [5, 5.41) is 6.69. The molecule has 0 unspecified atom stereocenters. The van der Waals surface area contributed by atoms with E-state index in [9.17, 15) is 18.0 Å². The number of aromatic nitrogens is 2. The molecule has 1 N–H and O–H groups in total. The van der Waals surface area contributed by atoms with E-state index in [4.69, 9.17) is 13.7 Å². The molecule has 3 heterocycles. The number of carbonyl (C=O) groups is 1. The van der Waals surface area contributed by atoms with Crippen molar-refractivity contribution in [2.45, 2.75) is 44.0 Å². The summed E-state index contributed by atoms with van der Waals surface area (Å²) in [7, 11) is 0. The molecule has 1 fully saturated rings. The predicted molar refractivity (Wildman–Crippen MR) is 97.6 cm³/mol. The van der Waals surface area contributed by atoms with Gasteiger partial charge in [0.2, 0.25) is 11.6 Å². The topological polar surface area (TPSA) is 90.4 Å². The van der Waals surface area contributed by atoms with Crippen LogP contribution in [0.5, 0.6) is 5.88 Å². The van der Waals surface area contributed by atoms with Gasteiger partial charge >= 0.3 is 6.18 Å². The minimum absolute atomic E-state index is 0.0540. The maximum Gasteiger partial charge on any atom is 0.417 e.